The monoisotopic (exact) mass is 754 g/mol. The van der Waals surface area contributed by atoms with E-state index >= 15 is 0 Å². The maximum atomic E-state index is 13.7. The molecule has 7 rings (SSSR count). The minimum absolute atomic E-state index is 0.00903. The van der Waals surface area contributed by atoms with Crippen LogP contribution < -0.4 is 21.3 Å². The fraction of sp³-hybridized carbons (Fsp3) is 0.404. The molecule has 9 heteroatoms. The summed E-state index contributed by atoms with van der Waals surface area (Å²) < 4.78 is 6.08. The number of ketones is 1. The second-order valence-corrected chi connectivity index (χ2v) is 16.0. The highest BCUT2D eigenvalue weighted by atomic mass is 16.5. The lowest BCUT2D eigenvalue weighted by Gasteiger charge is -2.39. The largest absolute Gasteiger partial charge is 0.875 e. The minimum Gasteiger partial charge on any atom is -0.875 e. The number of allylic oxidation sites excluding steroid dienone is 5. The van der Waals surface area contributed by atoms with E-state index in [0.29, 0.717) is 71.2 Å². The van der Waals surface area contributed by atoms with Crippen molar-refractivity contribution in [2.24, 2.45) is 33.7 Å². The Morgan fingerprint density at radius 3 is 2.64 bits per heavy atom. The zero-order valence-electron chi connectivity index (χ0n) is 32.0. The van der Waals surface area contributed by atoms with E-state index in [1.807, 2.05) is 36.4 Å². The highest BCUT2D eigenvalue weighted by molar-refractivity contribution is 6.06. The lowest BCUT2D eigenvalue weighted by atomic mass is 9.66. The average Bonchev–Trinajstić information content (AvgIpc) is 3.76. The zero-order valence-corrected chi connectivity index (χ0v) is 32.0. The number of aliphatic imine (C=N–C) groups is 1. The predicted octanol–water partition coefficient (Wildman–Crippen LogP) is 6.52. The van der Waals surface area contributed by atoms with Crippen molar-refractivity contribution < 1.29 is 30.0 Å². The first-order valence-corrected chi connectivity index (χ1v) is 20.0. The van der Waals surface area contributed by atoms with Crippen molar-refractivity contribution in [3.63, 3.8) is 0 Å². The Balaban J connectivity index is 1.03. The molecule has 2 bridgehead atoms. The van der Waals surface area contributed by atoms with Gasteiger partial charge in [0.25, 0.3) is 0 Å². The quantitative estimate of drug-likeness (QED) is 0.0745. The molecule has 1 heterocycles. The van der Waals surface area contributed by atoms with Crippen LogP contribution in [0.15, 0.2) is 95.3 Å². The number of nitrogens with zero attached hydrogens (tertiary/aromatic N) is 1. The van der Waals surface area contributed by atoms with Crippen molar-refractivity contribution in [2.75, 3.05) is 6.61 Å². The van der Waals surface area contributed by atoms with Crippen LogP contribution in [0.5, 0.6) is 17.2 Å². The number of phenolic OH excluding ortho intramolecular Hbond substituents is 2. The molecular weight excluding hydrogens is 703 g/mol. The number of carbonyl (C=O) groups is 1. The van der Waals surface area contributed by atoms with Gasteiger partial charge in [-0.1, -0.05) is 61.6 Å². The van der Waals surface area contributed by atoms with E-state index in [1.54, 1.807) is 36.6 Å². The molecule has 2 fully saturated rings. The first-order chi connectivity index (χ1) is 27.0. The number of aromatic hydroxyl groups is 2. The van der Waals surface area contributed by atoms with Gasteiger partial charge < -0.3 is 36.6 Å². The van der Waals surface area contributed by atoms with E-state index < -0.39 is 12.1 Å². The van der Waals surface area contributed by atoms with Crippen LogP contribution in [0.25, 0.3) is 0 Å². The summed E-state index contributed by atoms with van der Waals surface area (Å²) in [4.78, 5) is 17.4. The van der Waals surface area contributed by atoms with E-state index in [2.05, 4.69) is 29.8 Å². The van der Waals surface area contributed by atoms with E-state index in [1.165, 1.54) is 0 Å². The number of fused-ring (bicyclic) bond motifs is 4. The Morgan fingerprint density at radius 1 is 1.04 bits per heavy atom. The lowest BCUT2D eigenvalue weighted by Crippen LogP contribution is -2.29. The smallest absolute Gasteiger partial charge is 0.161 e. The number of ether oxygens (including phenoxy) is 1. The lowest BCUT2D eigenvalue weighted by molar-refractivity contribution is -0.307. The normalized spacial score (nSPS) is 24.1. The van der Waals surface area contributed by atoms with Gasteiger partial charge in [0, 0.05) is 36.1 Å². The van der Waals surface area contributed by atoms with Crippen molar-refractivity contribution in [1.82, 2.24) is 0 Å². The molecule has 0 aromatic heterocycles. The molecule has 0 saturated heterocycles. The van der Waals surface area contributed by atoms with Gasteiger partial charge in [-0.25, -0.2) is 0 Å². The molecule has 0 radical (unpaired) electrons. The van der Waals surface area contributed by atoms with E-state index in [9.17, 15) is 25.2 Å². The first kappa shape index (κ1) is 39.1. The summed E-state index contributed by atoms with van der Waals surface area (Å²) in [5.74, 6) is 7.11. The highest BCUT2D eigenvalue weighted by Crippen LogP contribution is 2.57. The Kier molecular flexibility index (Phi) is 11.8. The maximum absolute atomic E-state index is 13.7. The van der Waals surface area contributed by atoms with Gasteiger partial charge in [-0.05, 0) is 126 Å². The summed E-state index contributed by atoms with van der Waals surface area (Å²) in [6.45, 7) is 2.44. The van der Waals surface area contributed by atoms with E-state index in [0.717, 1.165) is 55.2 Å². The van der Waals surface area contributed by atoms with Crippen LogP contribution in [0.4, 0.5) is 0 Å². The second-order valence-electron chi connectivity index (χ2n) is 16.0. The van der Waals surface area contributed by atoms with Crippen LogP contribution in [-0.2, 0) is 17.6 Å². The van der Waals surface area contributed by atoms with Gasteiger partial charge in [0.05, 0.1) is 31.0 Å². The van der Waals surface area contributed by atoms with Gasteiger partial charge in [0.2, 0.25) is 0 Å². The third-order valence-corrected chi connectivity index (χ3v) is 12.3. The number of phenols is 2. The molecule has 3 aliphatic carbocycles. The van der Waals surface area contributed by atoms with E-state index in [-0.39, 0.29) is 47.6 Å². The topological polar surface area (TPSA) is 174 Å². The van der Waals surface area contributed by atoms with E-state index in [4.69, 9.17) is 16.2 Å². The Hall–Kier alpha value is -5.14. The third kappa shape index (κ3) is 8.48. The van der Waals surface area contributed by atoms with Gasteiger partial charge in [0.1, 0.15) is 5.75 Å². The number of carbonyl (C=O) groups excluding carboxylic acids is 1. The molecular formula is C47H52N3O6-. The van der Waals surface area contributed by atoms with Crippen molar-refractivity contribution in [1.29, 1.82) is 0 Å². The van der Waals surface area contributed by atoms with Crippen molar-refractivity contribution in [2.45, 2.75) is 95.7 Å². The summed E-state index contributed by atoms with van der Waals surface area (Å²) in [5.41, 5.74) is 17.6. The van der Waals surface area contributed by atoms with Crippen LogP contribution in [-0.4, -0.2) is 39.5 Å². The summed E-state index contributed by atoms with van der Waals surface area (Å²) in [6.07, 6.45) is 14.1. The second kappa shape index (κ2) is 16.9. The van der Waals surface area contributed by atoms with Crippen LogP contribution in [0.1, 0.15) is 110 Å². The highest BCUT2D eigenvalue weighted by Gasteiger charge is 2.50. The van der Waals surface area contributed by atoms with Crippen LogP contribution in [0, 0.1) is 29.1 Å². The maximum Gasteiger partial charge on any atom is 0.161 e. The first-order valence-electron chi connectivity index (χ1n) is 20.0. The van der Waals surface area contributed by atoms with Gasteiger partial charge in [-0.2, -0.15) is 0 Å². The number of rotatable bonds is 13. The molecule has 0 amide bonds. The third-order valence-electron chi connectivity index (χ3n) is 12.3. The Labute approximate surface area is 329 Å². The number of benzene rings is 3. The molecule has 1 aliphatic heterocycles. The van der Waals surface area contributed by atoms with Crippen LogP contribution in [0.2, 0.25) is 0 Å². The van der Waals surface area contributed by atoms with Crippen molar-refractivity contribution in [3.8, 4) is 29.1 Å². The molecule has 7 N–H and O–H groups in total. The van der Waals surface area contributed by atoms with Crippen LogP contribution >= 0.6 is 0 Å². The molecule has 5 atom stereocenters. The molecule has 0 unspecified atom stereocenters. The summed E-state index contributed by atoms with van der Waals surface area (Å²) in [5, 5.41) is 46.2. The number of hydrogen-bond acceptors (Lipinski definition) is 9. The summed E-state index contributed by atoms with van der Waals surface area (Å²) >= 11 is 0. The van der Waals surface area contributed by atoms with Gasteiger partial charge >= 0.3 is 0 Å². The molecule has 4 aliphatic rings. The average molecular weight is 755 g/mol. The SMILES string of the molecule is CCC[C@H]1CC[C@H]2C[C@]1(/C=C/C(=O)CCc1ccc(O)c(OCCc3ccc(O)c([C@@H]4CC([O-])=C5C=CN=C5CC#Cc5cc(C(N)N)ccc54)c3)c1)C[C@H]2O. The molecule has 56 heavy (non-hydrogen) atoms. The number of hydrogen-bond donors (Lipinski definition) is 5. The predicted molar refractivity (Wildman–Crippen MR) is 216 cm³/mol. The molecule has 2 saturated carbocycles. The number of nitrogens with two attached hydrogens (primary N) is 2. The van der Waals surface area contributed by atoms with Gasteiger partial charge in [-0.15, -0.1) is 5.76 Å². The van der Waals surface area contributed by atoms with Crippen LogP contribution in [0.3, 0.4) is 0 Å². The molecule has 292 valence electrons. The number of aliphatic hydroxyl groups is 1. The Morgan fingerprint density at radius 2 is 1.84 bits per heavy atom. The number of aliphatic hydroxyl groups excluding tert-OH is 1. The number of aryl methyl sites for hydroxylation is 1. The molecule has 3 aromatic rings. The molecule has 9 nitrogen and oxygen atoms in total. The summed E-state index contributed by atoms with van der Waals surface area (Å²) in [6, 6.07) is 16.1. The minimum atomic E-state index is -0.696. The standard InChI is InChI=1S/C47H53N3O6/c1-2-4-34-12-10-33-27-47(34,28-44(33)55)20-17-35(51)13-7-29-9-16-42(53)45(24-29)56-22-19-30-8-15-41(52)39(23-30)38-26-43(54)37-18-21-50-40(37)6-3-5-31-25-32(46(48)49)11-14-36(31)38/h8-9,11,14-18,20-21,23-25,33-34,38,44,46,52-55H,2,4,6-7,10,12-13,19,22,26-28,48-49H2,1H3/p-1/b20-17+,43-37?/t33-,34-,38+,44+,47+/m0/s1. The molecule has 3 aromatic carbocycles. The van der Waals surface area contributed by atoms with Crippen molar-refractivity contribution >= 4 is 11.5 Å². The van der Waals surface area contributed by atoms with Gasteiger partial charge in [-0.3, -0.25) is 9.79 Å². The van der Waals surface area contributed by atoms with Crippen molar-refractivity contribution in [3.05, 3.63) is 124 Å². The fourth-order valence-electron chi connectivity index (χ4n) is 9.26. The fourth-order valence-corrected chi connectivity index (χ4v) is 9.26. The Bertz CT molecular complexity index is 2150. The van der Waals surface area contributed by atoms with Gasteiger partial charge in [0.15, 0.2) is 17.3 Å². The zero-order chi connectivity index (χ0) is 39.4. The summed E-state index contributed by atoms with van der Waals surface area (Å²) in [7, 11) is 0. The molecule has 0 spiro atoms.